The second-order valence-electron chi connectivity index (χ2n) is 7.81. The fourth-order valence-electron chi connectivity index (χ4n) is 3.97. The second-order valence-corrected chi connectivity index (χ2v) is 8.22. The maximum absolute atomic E-state index is 13.1. The first-order valence-corrected chi connectivity index (χ1v) is 9.98. The summed E-state index contributed by atoms with van der Waals surface area (Å²) < 4.78 is 0. The number of hydrogen-bond donors (Lipinski definition) is 2. The highest BCUT2D eigenvalue weighted by molar-refractivity contribution is 6.33. The standard InChI is InChI=1S/C22H22ClN3O3/c1-13-6-9-18(17(23)10-13)24-19(27)12-26-20(28)22(2,25-21(26)29)16-8-7-14-4-3-5-15(14)11-16/h6-11H,3-5,12H2,1-2H3,(H,24,27)(H,25,29)/t22-/m0/s1. The lowest BCUT2D eigenvalue weighted by atomic mass is 9.89. The van der Waals surface area contributed by atoms with Crippen molar-refractivity contribution < 1.29 is 14.4 Å². The molecule has 1 fully saturated rings. The van der Waals surface area contributed by atoms with Gasteiger partial charge in [0.2, 0.25) is 5.91 Å². The highest BCUT2D eigenvalue weighted by Gasteiger charge is 2.49. The number of amides is 4. The van der Waals surface area contributed by atoms with Gasteiger partial charge in [0.15, 0.2) is 0 Å². The molecule has 29 heavy (non-hydrogen) atoms. The van der Waals surface area contributed by atoms with E-state index in [1.165, 1.54) is 11.1 Å². The van der Waals surface area contributed by atoms with E-state index < -0.39 is 23.4 Å². The van der Waals surface area contributed by atoms with Crippen molar-refractivity contribution in [2.75, 3.05) is 11.9 Å². The Morgan fingerprint density at radius 1 is 1.17 bits per heavy atom. The highest BCUT2D eigenvalue weighted by atomic mass is 35.5. The fraction of sp³-hybridized carbons (Fsp3) is 0.318. The van der Waals surface area contributed by atoms with Crippen molar-refractivity contribution in [1.29, 1.82) is 0 Å². The van der Waals surface area contributed by atoms with Crippen LogP contribution in [0.25, 0.3) is 0 Å². The lowest BCUT2D eigenvalue weighted by Gasteiger charge is -2.23. The third kappa shape index (κ3) is 3.49. The van der Waals surface area contributed by atoms with Crippen molar-refractivity contribution >= 4 is 35.1 Å². The molecule has 0 spiro atoms. The molecule has 1 heterocycles. The van der Waals surface area contributed by atoms with Gasteiger partial charge in [-0.1, -0.05) is 35.9 Å². The minimum Gasteiger partial charge on any atom is -0.323 e. The van der Waals surface area contributed by atoms with E-state index in [1.54, 1.807) is 19.1 Å². The van der Waals surface area contributed by atoms with Gasteiger partial charge >= 0.3 is 6.03 Å². The molecule has 0 unspecified atom stereocenters. The number of fused-ring (bicyclic) bond motifs is 1. The Bertz CT molecular complexity index is 1040. The molecular formula is C22H22ClN3O3. The molecule has 4 rings (SSSR count). The Morgan fingerprint density at radius 3 is 2.69 bits per heavy atom. The molecule has 2 N–H and O–H groups in total. The number of nitrogens with zero attached hydrogens (tertiary/aromatic N) is 1. The van der Waals surface area contributed by atoms with E-state index in [9.17, 15) is 14.4 Å². The third-order valence-corrected chi connectivity index (χ3v) is 5.96. The summed E-state index contributed by atoms with van der Waals surface area (Å²) in [7, 11) is 0. The van der Waals surface area contributed by atoms with Crippen LogP contribution in [-0.2, 0) is 28.0 Å². The fourth-order valence-corrected chi connectivity index (χ4v) is 4.26. The number of aryl methyl sites for hydroxylation is 3. The van der Waals surface area contributed by atoms with Crippen molar-refractivity contribution in [3.05, 3.63) is 63.7 Å². The monoisotopic (exact) mass is 411 g/mol. The van der Waals surface area contributed by atoms with E-state index in [0.29, 0.717) is 10.7 Å². The van der Waals surface area contributed by atoms with Gasteiger partial charge in [0.25, 0.3) is 5.91 Å². The molecule has 6 nitrogen and oxygen atoms in total. The molecule has 0 bridgehead atoms. The SMILES string of the molecule is Cc1ccc(NC(=O)CN2C(=O)N[C@@](C)(c3ccc4c(c3)CCC4)C2=O)c(Cl)c1. The van der Waals surface area contributed by atoms with Crippen molar-refractivity contribution in [3.63, 3.8) is 0 Å². The summed E-state index contributed by atoms with van der Waals surface area (Å²) in [6, 6.07) is 10.6. The number of benzene rings is 2. The van der Waals surface area contributed by atoms with Crippen LogP contribution in [0.3, 0.4) is 0 Å². The normalized spacial score (nSPS) is 20.6. The van der Waals surface area contributed by atoms with Crippen LogP contribution < -0.4 is 10.6 Å². The number of anilines is 1. The zero-order valence-corrected chi connectivity index (χ0v) is 17.1. The number of nitrogens with one attached hydrogen (secondary N) is 2. The summed E-state index contributed by atoms with van der Waals surface area (Å²) >= 11 is 6.14. The van der Waals surface area contributed by atoms with Gasteiger partial charge in [-0.25, -0.2) is 4.79 Å². The average molecular weight is 412 g/mol. The van der Waals surface area contributed by atoms with Crippen molar-refractivity contribution in [2.45, 2.75) is 38.6 Å². The van der Waals surface area contributed by atoms with E-state index in [0.717, 1.165) is 35.3 Å². The maximum atomic E-state index is 13.1. The number of imide groups is 1. The van der Waals surface area contributed by atoms with Gasteiger partial charge in [-0.05, 0) is 67.5 Å². The minimum atomic E-state index is -1.18. The van der Waals surface area contributed by atoms with Crippen molar-refractivity contribution in [2.24, 2.45) is 0 Å². The van der Waals surface area contributed by atoms with Gasteiger partial charge in [-0.2, -0.15) is 0 Å². The lowest BCUT2D eigenvalue weighted by molar-refractivity contribution is -0.133. The second kappa shape index (κ2) is 7.19. The number of halogens is 1. The third-order valence-electron chi connectivity index (χ3n) is 5.65. The Kier molecular flexibility index (Phi) is 4.82. The number of hydrogen-bond acceptors (Lipinski definition) is 3. The summed E-state index contributed by atoms with van der Waals surface area (Å²) in [4.78, 5) is 39.0. The van der Waals surface area contributed by atoms with Crippen LogP contribution in [0.2, 0.25) is 5.02 Å². The number of carbonyl (C=O) groups excluding carboxylic acids is 3. The molecule has 1 atom stereocenters. The van der Waals surface area contributed by atoms with Crippen LogP contribution >= 0.6 is 11.6 Å². The molecule has 150 valence electrons. The Balaban J connectivity index is 1.51. The van der Waals surface area contributed by atoms with Crippen molar-refractivity contribution in [1.82, 2.24) is 10.2 Å². The zero-order valence-electron chi connectivity index (χ0n) is 16.3. The molecule has 4 amide bonds. The van der Waals surface area contributed by atoms with E-state index in [2.05, 4.69) is 10.6 Å². The van der Waals surface area contributed by atoms with Gasteiger partial charge in [0.05, 0.1) is 10.7 Å². The molecule has 1 aliphatic carbocycles. The summed E-state index contributed by atoms with van der Waals surface area (Å²) in [5, 5.41) is 5.82. The zero-order chi connectivity index (χ0) is 20.8. The van der Waals surface area contributed by atoms with Crippen LogP contribution in [0.4, 0.5) is 10.5 Å². The first-order chi connectivity index (χ1) is 13.8. The summed E-state index contributed by atoms with van der Waals surface area (Å²) in [5.74, 6) is -0.928. The van der Waals surface area contributed by atoms with E-state index >= 15 is 0 Å². The Hall–Kier alpha value is -2.86. The number of carbonyl (C=O) groups is 3. The van der Waals surface area contributed by atoms with Crippen LogP contribution in [0.5, 0.6) is 0 Å². The van der Waals surface area contributed by atoms with E-state index in [4.69, 9.17) is 11.6 Å². The van der Waals surface area contributed by atoms with Crippen LogP contribution in [0, 0.1) is 6.92 Å². The quantitative estimate of drug-likeness (QED) is 0.755. The van der Waals surface area contributed by atoms with E-state index in [1.807, 2.05) is 31.2 Å². The van der Waals surface area contributed by atoms with Crippen LogP contribution in [-0.4, -0.2) is 29.3 Å². The minimum absolute atomic E-state index is 0.380. The van der Waals surface area contributed by atoms with Gasteiger partial charge in [-0.3, -0.25) is 14.5 Å². The first-order valence-electron chi connectivity index (χ1n) is 9.60. The lowest BCUT2D eigenvalue weighted by Crippen LogP contribution is -2.42. The highest BCUT2D eigenvalue weighted by Crippen LogP contribution is 2.32. The predicted octanol–water partition coefficient (Wildman–Crippen LogP) is 3.54. The first kappa shape index (κ1) is 19.5. The van der Waals surface area contributed by atoms with Gasteiger partial charge < -0.3 is 10.6 Å². The summed E-state index contributed by atoms with van der Waals surface area (Å²) in [5.41, 5.74) is 3.47. The molecule has 1 aliphatic heterocycles. The van der Waals surface area contributed by atoms with Gasteiger partial charge in [0.1, 0.15) is 12.1 Å². The summed E-state index contributed by atoms with van der Waals surface area (Å²) in [6.07, 6.45) is 3.12. The molecule has 7 heteroatoms. The summed E-state index contributed by atoms with van der Waals surface area (Å²) in [6.45, 7) is 3.19. The predicted molar refractivity (Wildman–Crippen MR) is 111 cm³/mol. The smallest absolute Gasteiger partial charge is 0.323 e. The van der Waals surface area contributed by atoms with Gasteiger partial charge in [0, 0.05) is 0 Å². The Morgan fingerprint density at radius 2 is 1.93 bits per heavy atom. The van der Waals surface area contributed by atoms with Crippen LogP contribution in [0.1, 0.15) is 35.6 Å². The maximum Gasteiger partial charge on any atom is 0.325 e. The molecule has 0 aromatic heterocycles. The van der Waals surface area contributed by atoms with Gasteiger partial charge in [-0.15, -0.1) is 0 Å². The topological polar surface area (TPSA) is 78.5 Å². The van der Waals surface area contributed by atoms with E-state index in [-0.39, 0.29) is 6.54 Å². The number of urea groups is 1. The molecule has 2 aromatic carbocycles. The molecule has 2 aromatic rings. The molecule has 0 saturated carbocycles. The van der Waals surface area contributed by atoms with Crippen molar-refractivity contribution in [3.8, 4) is 0 Å². The molecular weight excluding hydrogens is 390 g/mol. The number of rotatable bonds is 4. The molecule has 1 saturated heterocycles. The Labute approximate surface area is 174 Å². The molecule has 2 aliphatic rings. The largest absolute Gasteiger partial charge is 0.325 e. The van der Waals surface area contributed by atoms with Crippen LogP contribution in [0.15, 0.2) is 36.4 Å². The average Bonchev–Trinajstić information content (AvgIpc) is 3.22. The molecule has 0 radical (unpaired) electrons.